The number of nitrogens with zero attached hydrogens (tertiary/aromatic N) is 2. The summed E-state index contributed by atoms with van der Waals surface area (Å²) in [6.07, 6.45) is 1.01. The largest absolute Gasteiger partial charge is 0.334 e. The number of sulfone groups is 1. The van der Waals surface area contributed by atoms with Crippen LogP contribution < -0.4 is 5.32 Å². The lowest BCUT2D eigenvalue weighted by atomic mass is 9.84. The Bertz CT molecular complexity index is 1040. The van der Waals surface area contributed by atoms with Crippen molar-refractivity contribution in [3.63, 3.8) is 0 Å². The molecule has 182 valence electrons. The fourth-order valence-corrected chi connectivity index (χ4v) is 6.27. The van der Waals surface area contributed by atoms with Crippen molar-refractivity contribution in [1.82, 2.24) is 15.1 Å². The van der Waals surface area contributed by atoms with Gasteiger partial charge in [-0.25, -0.2) is 13.2 Å². The second-order valence-corrected chi connectivity index (χ2v) is 12.6. The molecule has 3 atom stereocenters. The van der Waals surface area contributed by atoms with E-state index in [-0.39, 0.29) is 23.0 Å². The molecule has 1 aromatic rings. The molecule has 2 saturated heterocycles. The first-order valence-corrected chi connectivity index (χ1v) is 13.3. The van der Waals surface area contributed by atoms with Crippen LogP contribution in [0.4, 0.5) is 4.79 Å². The van der Waals surface area contributed by atoms with Crippen LogP contribution in [-0.2, 0) is 30.4 Å². The first-order chi connectivity index (χ1) is 15.2. The molecule has 0 spiro atoms. The van der Waals surface area contributed by atoms with Gasteiger partial charge in [0.25, 0.3) is 5.91 Å². The topological polar surface area (TPSA) is 104 Å². The van der Waals surface area contributed by atoms with Crippen molar-refractivity contribution in [2.45, 2.75) is 77.4 Å². The van der Waals surface area contributed by atoms with Crippen LogP contribution >= 0.6 is 0 Å². The summed E-state index contributed by atoms with van der Waals surface area (Å²) in [6.45, 7) is 11.3. The van der Waals surface area contributed by atoms with Crippen LogP contribution in [-0.4, -0.2) is 66.2 Å². The first-order valence-electron chi connectivity index (χ1n) is 11.5. The van der Waals surface area contributed by atoms with Crippen molar-refractivity contribution in [2.24, 2.45) is 0 Å². The van der Waals surface area contributed by atoms with Crippen LogP contribution in [0.15, 0.2) is 24.3 Å². The van der Waals surface area contributed by atoms with Crippen molar-refractivity contribution in [2.75, 3.05) is 18.1 Å². The summed E-state index contributed by atoms with van der Waals surface area (Å²) >= 11 is 0. The zero-order valence-electron chi connectivity index (χ0n) is 20.3. The number of carbonyl (C=O) groups excluding carboxylic acids is 3. The Labute approximate surface area is 196 Å². The second-order valence-electron chi connectivity index (χ2n) is 10.4. The number of amides is 4. The lowest BCUT2D eigenvalue weighted by Gasteiger charge is -2.34. The Morgan fingerprint density at radius 2 is 1.85 bits per heavy atom. The average molecular weight is 478 g/mol. The van der Waals surface area contributed by atoms with E-state index in [9.17, 15) is 22.8 Å². The summed E-state index contributed by atoms with van der Waals surface area (Å²) in [4.78, 5) is 41.8. The Hall–Kier alpha value is -2.42. The molecule has 2 aliphatic heterocycles. The number of hydrogen-bond acceptors (Lipinski definition) is 5. The summed E-state index contributed by atoms with van der Waals surface area (Å²) in [6, 6.07) is 6.29. The molecule has 0 saturated carbocycles. The predicted octanol–water partition coefficient (Wildman–Crippen LogP) is 2.57. The van der Waals surface area contributed by atoms with Gasteiger partial charge in [-0.15, -0.1) is 0 Å². The molecule has 1 aromatic carbocycles. The van der Waals surface area contributed by atoms with Gasteiger partial charge in [-0.05, 0) is 43.2 Å². The number of carbonyl (C=O) groups is 3. The minimum absolute atomic E-state index is 0.0453. The van der Waals surface area contributed by atoms with E-state index in [4.69, 9.17) is 0 Å². The Morgan fingerprint density at radius 3 is 2.33 bits per heavy atom. The van der Waals surface area contributed by atoms with Gasteiger partial charge in [0.15, 0.2) is 9.84 Å². The SMILES string of the molecule is CC[C@@H](C)N(C(=O)CN1C(=O)N[C@](C)(c2ccc(C(C)(C)C)cc2)C1=O)[C@@H]1CCS(=O)(=O)C1. The molecule has 0 unspecified atom stereocenters. The van der Waals surface area contributed by atoms with Crippen LogP contribution in [0.1, 0.15) is 65.5 Å². The molecule has 2 aliphatic rings. The predicted molar refractivity (Wildman–Crippen MR) is 126 cm³/mol. The highest BCUT2D eigenvalue weighted by Gasteiger charge is 2.50. The zero-order valence-corrected chi connectivity index (χ0v) is 21.2. The van der Waals surface area contributed by atoms with Crippen molar-refractivity contribution in [1.29, 1.82) is 0 Å². The maximum absolute atomic E-state index is 13.3. The van der Waals surface area contributed by atoms with E-state index in [0.717, 1.165) is 10.5 Å². The van der Waals surface area contributed by atoms with Gasteiger partial charge in [0.1, 0.15) is 12.1 Å². The molecular formula is C24H35N3O5S. The van der Waals surface area contributed by atoms with Crippen LogP contribution in [0.25, 0.3) is 0 Å². The standard InChI is InChI=1S/C24H35N3O5S/c1-7-16(2)27(19-12-13-33(31,32)15-19)20(28)14-26-21(29)24(6,25-22(26)30)18-10-8-17(9-11-18)23(3,4)5/h8-11,16,19H,7,12-15H2,1-6H3,(H,25,30)/t16-,19-,24-/m1/s1. The van der Waals surface area contributed by atoms with E-state index in [1.165, 1.54) is 0 Å². The van der Waals surface area contributed by atoms with Gasteiger partial charge in [0, 0.05) is 12.1 Å². The molecule has 4 amide bonds. The fraction of sp³-hybridized carbons (Fsp3) is 0.625. The lowest BCUT2D eigenvalue weighted by Crippen LogP contribution is -2.51. The van der Waals surface area contributed by atoms with E-state index < -0.39 is 45.8 Å². The van der Waals surface area contributed by atoms with E-state index >= 15 is 0 Å². The molecule has 0 aromatic heterocycles. The smallest absolute Gasteiger partial charge is 0.325 e. The van der Waals surface area contributed by atoms with Gasteiger partial charge < -0.3 is 10.2 Å². The third kappa shape index (κ3) is 4.93. The molecule has 8 nitrogen and oxygen atoms in total. The van der Waals surface area contributed by atoms with E-state index in [1.54, 1.807) is 11.8 Å². The highest BCUT2D eigenvalue weighted by molar-refractivity contribution is 7.91. The van der Waals surface area contributed by atoms with Crippen molar-refractivity contribution >= 4 is 27.7 Å². The minimum atomic E-state index is -3.19. The van der Waals surface area contributed by atoms with Gasteiger partial charge in [-0.1, -0.05) is 52.0 Å². The molecular weight excluding hydrogens is 442 g/mol. The third-order valence-electron chi connectivity index (χ3n) is 6.85. The number of urea groups is 1. The molecule has 0 radical (unpaired) electrons. The molecule has 2 heterocycles. The number of hydrogen-bond donors (Lipinski definition) is 1. The van der Waals surface area contributed by atoms with Crippen molar-refractivity contribution in [3.05, 3.63) is 35.4 Å². The third-order valence-corrected chi connectivity index (χ3v) is 8.60. The number of rotatable bonds is 6. The zero-order chi connectivity index (χ0) is 24.8. The van der Waals surface area contributed by atoms with E-state index in [2.05, 4.69) is 26.1 Å². The summed E-state index contributed by atoms with van der Waals surface area (Å²) in [5, 5.41) is 2.75. The number of nitrogens with one attached hydrogen (secondary N) is 1. The van der Waals surface area contributed by atoms with Crippen LogP contribution in [0.2, 0.25) is 0 Å². The van der Waals surface area contributed by atoms with Crippen LogP contribution in [0.3, 0.4) is 0 Å². The van der Waals surface area contributed by atoms with E-state index in [0.29, 0.717) is 18.4 Å². The quantitative estimate of drug-likeness (QED) is 0.634. The van der Waals surface area contributed by atoms with E-state index in [1.807, 2.05) is 38.1 Å². The van der Waals surface area contributed by atoms with Crippen LogP contribution in [0, 0.1) is 0 Å². The second kappa shape index (κ2) is 8.74. The van der Waals surface area contributed by atoms with Crippen LogP contribution in [0.5, 0.6) is 0 Å². The summed E-state index contributed by atoms with van der Waals surface area (Å²) < 4.78 is 24.0. The molecule has 0 bridgehead atoms. The summed E-state index contributed by atoms with van der Waals surface area (Å²) in [5.41, 5.74) is 0.429. The molecule has 2 fully saturated rings. The molecule has 1 N–H and O–H groups in total. The molecule has 33 heavy (non-hydrogen) atoms. The Kier molecular flexibility index (Phi) is 6.68. The van der Waals surface area contributed by atoms with Gasteiger partial charge in [0.05, 0.1) is 11.5 Å². The molecule has 3 rings (SSSR count). The van der Waals surface area contributed by atoms with Gasteiger partial charge in [0.2, 0.25) is 5.91 Å². The normalized spacial score (nSPS) is 25.8. The highest BCUT2D eigenvalue weighted by atomic mass is 32.2. The Balaban J connectivity index is 1.81. The highest BCUT2D eigenvalue weighted by Crippen LogP contribution is 2.31. The lowest BCUT2D eigenvalue weighted by molar-refractivity contribution is -0.141. The van der Waals surface area contributed by atoms with Gasteiger partial charge in [-0.2, -0.15) is 0 Å². The maximum atomic E-state index is 13.3. The monoisotopic (exact) mass is 477 g/mol. The average Bonchev–Trinajstić information content (AvgIpc) is 3.19. The summed E-state index contributed by atoms with van der Waals surface area (Å²) in [5.74, 6) is -0.945. The first kappa shape index (κ1) is 25.2. The fourth-order valence-electron chi connectivity index (χ4n) is 4.56. The maximum Gasteiger partial charge on any atom is 0.325 e. The minimum Gasteiger partial charge on any atom is -0.334 e. The number of benzene rings is 1. The summed E-state index contributed by atoms with van der Waals surface area (Å²) in [7, 11) is -3.19. The molecule has 0 aliphatic carbocycles. The number of imide groups is 1. The van der Waals surface area contributed by atoms with Crippen molar-refractivity contribution < 1.29 is 22.8 Å². The molecule has 9 heteroatoms. The van der Waals surface area contributed by atoms with Gasteiger partial charge in [-0.3, -0.25) is 14.5 Å². The van der Waals surface area contributed by atoms with Crippen molar-refractivity contribution in [3.8, 4) is 0 Å². The Morgan fingerprint density at radius 1 is 1.24 bits per heavy atom. The van der Waals surface area contributed by atoms with Gasteiger partial charge >= 0.3 is 6.03 Å².